The van der Waals surface area contributed by atoms with Crippen LogP contribution >= 0.6 is 0 Å². The van der Waals surface area contributed by atoms with Crippen LogP contribution in [-0.2, 0) is 9.53 Å². The van der Waals surface area contributed by atoms with E-state index >= 15 is 0 Å². The van der Waals surface area contributed by atoms with E-state index in [-0.39, 0.29) is 17.7 Å². The Morgan fingerprint density at radius 1 is 1.22 bits per heavy atom. The second-order valence-electron chi connectivity index (χ2n) is 5.09. The summed E-state index contributed by atoms with van der Waals surface area (Å²) in [5, 5.41) is 3.06. The highest BCUT2D eigenvalue weighted by atomic mass is 16.5. The topological polar surface area (TPSA) is 73.9 Å². The summed E-state index contributed by atoms with van der Waals surface area (Å²) in [6, 6.07) is 5.32. The number of ketones is 1. The van der Waals surface area contributed by atoms with E-state index in [1.165, 1.54) is 20.4 Å². The minimum atomic E-state index is -0.668. The molecule has 0 heterocycles. The van der Waals surface area contributed by atoms with E-state index in [0.717, 1.165) is 12.8 Å². The highest BCUT2D eigenvalue weighted by Gasteiger charge is 2.28. The lowest BCUT2D eigenvalue weighted by Gasteiger charge is -2.13. The number of hydrogen-bond donors (Lipinski definition) is 1. The van der Waals surface area contributed by atoms with Gasteiger partial charge in [0.1, 0.15) is 22.6 Å². The van der Waals surface area contributed by atoms with Crippen LogP contribution in [-0.4, -0.2) is 38.6 Å². The van der Waals surface area contributed by atoms with Crippen molar-refractivity contribution in [3.8, 4) is 11.5 Å². The summed E-state index contributed by atoms with van der Waals surface area (Å²) in [4.78, 5) is 25.0. The summed E-state index contributed by atoms with van der Waals surface area (Å²) < 4.78 is 15.5. The van der Waals surface area contributed by atoms with Gasteiger partial charge in [-0.3, -0.25) is 4.79 Å². The predicted octanol–water partition coefficient (Wildman–Crippen LogP) is 2.09. The largest absolute Gasteiger partial charge is 0.496 e. The Labute approximate surface area is 135 Å². The molecule has 0 unspecified atom stereocenters. The van der Waals surface area contributed by atoms with Crippen LogP contribution < -0.4 is 14.8 Å². The molecule has 0 aromatic heterocycles. The van der Waals surface area contributed by atoms with Crippen LogP contribution in [0.25, 0.3) is 0 Å². The molecule has 0 amide bonds. The Hall–Kier alpha value is -2.50. The Bertz CT molecular complexity index is 597. The lowest BCUT2D eigenvalue weighted by atomic mass is 10.0. The number of nitrogens with one attached hydrogen (secondary N) is 1. The molecule has 2 rings (SSSR count). The van der Waals surface area contributed by atoms with Crippen LogP contribution in [0.2, 0.25) is 0 Å². The number of rotatable bonds is 8. The number of esters is 1. The molecule has 0 bridgehead atoms. The van der Waals surface area contributed by atoms with Crippen molar-refractivity contribution in [2.45, 2.75) is 25.8 Å². The number of ether oxygens (including phenoxy) is 3. The first kappa shape index (κ1) is 16.9. The monoisotopic (exact) mass is 319 g/mol. The van der Waals surface area contributed by atoms with E-state index in [1.54, 1.807) is 25.1 Å². The fourth-order valence-electron chi connectivity index (χ4n) is 2.09. The standard InChI is InChI=1S/C17H21NO5/c1-4-23-17(20)12(10-18-11-8-9-11)16(19)15-13(21-2)6-5-7-14(15)22-3/h5-7,10-11,18H,4,8-9H2,1-3H3/b12-10-. The molecule has 0 radical (unpaired) electrons. The number of carbonyl (C=O) groups is 2. The molecular formula is C17H21NO5. The average Bonchev–Trinajstić information content (AvgIpc) is 3.38. The fraction of sp³-hybridized carbons (Fsp3) is 0.412. The van der Waals surface area contributed by atoms with Gasteiger partial charge in [-0.15, -0.1) is 0 Å². The second-order valence-corrected chi connectivity index (χ2v) is 5.09. The molecule has 0 aliphatic heterocycles. The molecule has 6 nitrogen and oxygen atoms in total. The maximum atomic E-state index is 12.9. The van der Waals surface area contributed by atoms with Gasteiger partial charge in [-0.25, -0.2) is 4.79 Å². The molecule has 1 aromatic carbocycles. The zero-order valence-electron chi connectivity index (χ0n) is 13.5. The Balaban J connectivity index is 2.40. The van der Waals surface area contributed by atoms with Gasteiger partial charge < -0.3 is 19.5 Å². The average molecular weight is 319 g/mol. The Morgan fingerprint density at radius 3 is 2.30 bits per heavy atom. The zero-order chi connectivity index (χ0) is 16.8. The normalized spacial score (nSPS) is 14.1. The highest BCUT2D eigenvalue weighted by molar-refractivity contribution is 6.25. The van der Waals surface area contributed by atoms with Gasteiger partial charge in [-0.1, -0.05) is 6.07 Å². The summed E-state index contributed by atoms with van der Waals surface area (Å²) in [5.41, 5.74) is 0.135. The molecule has 0 atom stereocenters. The van der Waals surface area contributed by atoms with Crippen LogP contribution in [0.15, 0.2) is 30.0 Å². The molecule has 6 heteroatoms. The molecule has 1 aromatic rings. The fourth-order valence-corrected chi connectivity index (χ4v) is 2.09. The van der Waals surface area contributed by atoms with Crippen molar-refractivity contribution in [3.05, 3.63) is 35.5 Å². The van der Waals surface area contributed by atoms with Crippen molar-refractivity contribution >= 4 is 11.8 Å². The van der Waals surface area contributed by atoms with Gasteiger partial charge in [0.2, 0.25) is 5.78 Å². The molecule has 1 aliphatic carbocycles. The van der Waals surface area contributed by atoms with Crippen molar-refractivity contribution < 1.29 is 23.8 Å². The first-order chi connectivity index (χ1) is 11.1. The summed E-state index contributed by atoms with van der Waals surface area (Å²) >= 11 is 0. The van der Waals surface area contributed by atoms with Gasteiger partial charge in [-0.2, -0.15) is 0 Å². The lowest BCUT2D eigenvalue weighted by molar-refractivity contribution is -0.138. The SMILES string of the molecule is CCOC(=O)/C(=C\NC1CC1)C(=O)c1c(OC)cccc1OC. The number of carbonyl (C=O) groups excluding carboxylic acids is 2. The molecule has 124 valence electrons. The zero-order valence-corrected chi connectivity index (χ0v) is 13.5. The lowest BCUT2D eigenvalue weighted by Crippen LogP contribution is -2.21. The third-order valence-electron chi connectivity index (χ3n) is 3.44. The highest BCUT2D eigenvalue weighted by Crippen LogP contribution is 2.31. The van der Waals surface area contributed by atoms with E-state index in [4.69, 9.17) is 14.2 Å². The van der Waals surface area contributed by atoms with Gasteiger partial charge in [0.25, 0.3) is 0 Å². The van der Waals surface area contributed by atoms with E-state index in [2.05, 4.69) is 5.32 Å². The summed E-state index contributed by atoms with van der Waals surface area (Å²) in [5.74, 6) is -0.476. The third-order valence-corrected chi connectivity index (χ3v) is 3.44. The number of hydrogen-bond acceptors (Lipinski definition) is 6. The van der Waals surface area contributed by atoms with Crippen LogP contribution in [0.5, 0.6) is 11.5 Å². The number of benzene rings is 1. The molecule has 1 fully saturated rings. The van der Waals surface area contributed by atoms with E-state index in [0.29, 0.717) is 17.5 Å². The maximum Gasteiger partial charge on any atom is 0.343 e. The van der Waals surface area contributed by atoms with Gasteiger partial charge in [0.15, 0.2) is 0 Å². The molecule has 1 aliphatic rings. The molecule has 0 saturated heterocycles. The summed E-state index contributed by atoms with van der Waals surface area (Å²) in [6.45, 7) is 1.88. The van der Waals surface area contributed by atoms with Gasteiger partial charge in [-0.05, 0) is 31.9 Å². The maximum absolute atomic E-state index is 12.9. The minimum absolute atomic E-state index is 0.0680. The van der Waals surface area contributed by atoms with E-state index in [9.17, 15) is 9.59 Å². The van der Waals surface area contributed by atoms with Crippen molar-refractivity contribution in [3.63, 3.8) is 0 Å². The molecule has 1 saturated carbocycles. The third kappa shape index (κ3) is 4.03. The Morgan fingerprint density at radius 2 is 1.83 bits per heavy atom. The number of methoxy groups -OCH3 is 2. The predicted molar refractivity (Wildman–Crippen MR) is 84.8 cm³/mol. The van der Waals surface area contributed by atoms with E-state index < -0.39 is 11.8 Å². The molecule has 1 N–H and O–H groups in total. The van der Waals surface area contributed by atoms with E-state index in [1.807, 2.05) is 0 Å². The van der Waals surface area contributed by atoms with Crippen molar-refractivity contribution in [2.24, 2.45) is 0 Å². The van der Waals surface area contributed by atoms with Gasteiger partial charge in [0, 0.05) is 12.2 Å². The van der Waals surface area contributed by atoms with Crippen molar-refractivity contribution in [1.29, 1.82) is 0 Å². The summed E-state index contributed by atoms with van der Waals surface area (Å²) in [7, 11) is 2.92. The first-order valence-electron chi connectivity index (χ1n) is 7.51. The van der Waals surface area contributed by atoms with Gasteiger partial charge >= 0.3 is 5.97 Å². The first-order valence-corrected chi connectivity index (χ1v) is 7.51. The molecule has 0 spiro atoms. The van der Waals surface area contributed by atoms with Crippen molar-refractivity contribution in [2.75, 3.05) is 20.8 Å². The van der Waals surface area contributed by atoms with Gasteiger partial charge in [0.05, 0.1) is 20.8 Å². The van der Waals surface area contributed by atoms with Crippen LogP contribution in [0.3, 0.4) is 0 Å². The Kier molecular flexibility index (Phi) is 5.62. The van der Waals surface area contributed by atoms with Crippen molar-refractivity contribution in [1.82, 2.24) is 5.32 Å². The quantitative estimate of drug-likeness (QED) is 0.260. The minimum Gasteiger partial charge on any atom is -0.496 e. The van der Waals surface area contributed by atoms with Crippen LogP contribution in [0.4, 0.5) is 0 Å². The van der Waals surface area contributed by atoms with Crippen LogP contribution in [0, 0.1) is 0 Å². The molecular weight excluding hydrogens is 298 g/mol. The smallest absolute Gasteiger partial charge is 0.343 e. The number of Topliss-reactive ketones (excluding diaryl/α,β-unsaturated/α-hetero) is 1. The van der Waals surface area contributed by atoms with Crippen LogP contribution in [0.1, 0.15) is 30.1 Å². The second kappa shape index (κ2) is 7.67. The summed E-state index contributed by atoms with van der Waals surface area (Å²) in [6.07, 6.45) is 3.49. The molecule has 23 heavy (non-hydrogen) atoms.